The zero-order valence-corrected chi connectivity index (χ0v) is 14.2. The Hall–Kier alpha value is 0.260. The summed E-state index contributed by atoms with van der Waals surface area (Å²) >= 11 is 0. The minimum absolute atomic E-state index is 0. The molecule has 0 bridgehead atoms. The fourth-order valence-electron chi connectivity index (χ4n) is 3.08. The van der Waals surface area contributed by atoms with Gasteiger partial charge in [0, 0.05) is 5.56 Å². The Morgan fingerprint density at radius 1 is 1.06 bits per heavy atom. The van der Waals surface area contributed by atoms with Gasteiger partial charge in [-0.1, -0.05) is 49.6 Å². The first kappa shape index (κ1) is 16.3. The van der Waals surface area contributed by atoms with Gasteiger partial charge in [-0.15, -0.1) is 0 Å². The summed E-state index contributed by atoms with van der Waals surface area (Å²) in [5.41, 5.74) is 0.844. The van der Waals surface area contributed by atoms with Gasteiger partial charge in [-0.05, 0) is 23.7 Å². The molecule has 3 heteroatoms. The Balaban J connectivity index is 0.00000162. The molecule has 0 amide bonds. The van der Waals surface area contributed by atoms with Crippen molar-refractivity contribution in [3.63, 3.8) is 0 Å². The lowest BCUT2D eigenvalue weighted by atomic mass is 9.80. The molecule has 0 saturated heterocycles. The third-order valence-corrected chi connectivity index (χ3v) is 5.43. The molecule has 1 N–H and O–H groups in total. The summed E-state index contributed by atoms with van der Waals surface area (Å²) in [6, 6.07) is 10.6. The number of hydrogen-bond acceptors (Lipinski definition) is 1. The van der Waals surface area contributed by atoms with Gasteiger partial charge in [0.25, 0.3) is 0 Å². The molecule has 1 unspecified atom stereocenters. The van der Waals surface area contributed by atoms with E-state index in [0.717, 1.165) is 12.8 Å². The highest BCUT2D eigenvalue weighted by molar-refractivity contribution is 7.95. The summed E-state index contributed by atoms with van der Waals surface area (Å²) in [6.07, 6.45) is 10.1. The molecule has 0 aromatic heterocycles. The zero-order valence-electron chi connectivity index (χ0n) is 11.2. The first-order chi connectivity index (χ1) is 8.13. The molecule has 1 aliphatic rings. The lowest BCUT2D eigenvalue weighted by molar-refractivity contribution is -0.000342. The van der Waals surface area contributed by atoms with Crippen LogP contribution in [0.4, 0.5) is 0 Å². The van der Waals surface area contributed by atoms with Gasteiger partial charge in [0.2, 0.25) is 0 Å². The molecular formula is C15H23IOS. The summed E-state index contributed by atoms with van der Waals surface area (Å²) in [5, 5.41) is 11.3. The summed E-state index contributed by atoms with van der Waals surface area (Å²) in [4.78, 5) is 0. The Labute approximate surface area is 131 Å². The third-order valence-electron chi connectivity index (χ3n) is 3.78. The predicted octanol–water partition coefficient (Wildman–Crippen LogP) is 0.305. The highest BCUT2D eigenvalue weighted by atomic mass is 127. The van der Waals surface area contributed by atoms with E-state index in [1.54, 1.807) is 0 Å². The van der Waals surface area contributed by atoms with E-state index in [4.69, 9.17) is 0 Å². The molecule has 1 nitrogen and oxygen atoms in total. The second kappa shape index (κ2) is 7.15. The van der Waals surface area contributed by atoms with Crippen LogP contribution in [-0.2, 0) is 10.9 Å². The van der Waals surface area contributed by atoms with Gasteiger partial charge in [0.1, 0.15) is 5.60 Å². The molecule has 1 fully saturated rings. The van der Waals surface area contributed by atoms with E-state index < -0.39 is 5.60 Å². The van der Waals surface area contributed by atoms with Gasteiger partial charge in [-0.25, -0.2) is 0 Å². The van der Waals surface area contributed by atoms with Crippen LogP contribution in [-0.4, -0.2) is 23.2 Å². The quantitative estimate of drug-likeness (QED) is 0.593. The van der Waals surface area contributed by atoms with Gasteiger partial charge in [0.15, 0.2) is 5.25 Å². The van der Waals surface area contributed by atoms with Crippen molar-refractivity contribution in [2.45, 2.75) is 43.0 Å². The minimum Gasteiger partial charge on any atom is -1.00 e. The second-order valence-electron chi connectivity index (χ2n) is 5.33. The molecule has 0 aliphatic heterocycles. The van der Waals surface area contributed by atoms with Crippen LogP contribution >= 0.6 is 0 Å². The van der Waals surface area contributed by atoms with Crippen molar-refractivity contribution in [3.8, 4) is 0 Å². The van der Waals surface area contributed by atoms with E-state index >= 15 is 0 Å². The standard InChI is InChI=1S/C15H23OS.HI/c1-17(2)14(13-9-5-3-6-10-13)15(16)11-7-4-8-12-15;/h3,5-6,9-10,14,16H,4,7-8,11-12H2,1-2H3;1H/q+1;/p-1. The minimum atomic E-state index is -0.466. The normalized spacial score (nSPS) is 20.2. The summed E-state index contributed by atoms with van der Waals surface area (Å²) < 4.78 is 0. The molecule has 18 heavy (non-hydrogen) atoms. The van der Waals surface area contributed by atoms with E-state index in [0.29, 0.717) is 5.25 Å². The molecule has 0 radical (unpaired) electrons. The number of aliphatic hydroxyl groups is 1. The van der Waals surface area contributed by atoms with E-state index in [-0.39, 0.29) is 34.9 Å². The second-order valence-corrected chi connectivity index (χ2v) is 7.57. The average Bonchev–Trinajstić information content (AvgIpc) is 2.30. The Kier molecular flexibility index (Phi) is 6.48. The maximum absolute atomic E-state index is 11.0. The maximum atomic E-state index is 11.0. The van der Waals surface area contributed by atoms with Crippen molar-refractivity contribution in [3.05, 3.63) is 35.9 Å². The summed E-state index contributed by atoms with van der Waals surface area (Å²) in [6.45, 7) is 0. The number of rotatable bonds is 3. The first-order valence-electron chi connectivity index (χ1n) is 6.47. The Morgan fingerprint density at radius 3 is 2.11 bits per heavy atom. The lowest BCUT2D eigenvalue weighted by Crippen LogP contribution is -3.00. The van der Waals surface area contributed by atoms with Crippen LogP contribution in [0.15, 0.2) is 30.3 Å². The highest BCUT2D eigenvalue weighted by Crippen LogP contribution is 2.42. The van der Waals surface area contributed by atoms with Gasteiger partial charge in [0.05, 0.1) is 12.5 Å². The molecule has 0 spiro atoms. The van der Waals surface area contributed by atoms with Crippen molar-refractivity contribution in [1.29, 1.82) is 0 Å². The molecule has 1 aromatic rings. The summed E-state index contributed by atoms with van der Waals surface area (Å²) in [5.74, 6) is 0. The van der Waals surface area contributed by atoms with E-state index in [2.05, 4.69) is 42.8 Å². The van der Waals surface area contributed by atoms with Crippen LogP contribution < -0.4 is 24.0 Å². The van der Waals surface area contributed by atoms with E-state index in [1.165, 1.54) is 24.8 Å². The predicted molar refractivity (Wildman–Crippen MR) is 76.4 cm³/mol. The van der Waals surface area contributed by atoms with Crippen molar-refractivity contribution in [2.24, 2.45) is 0 Å². The number of benzene rings is 1. The molecule has 1 aromatic carbocycles. The van der Waals surface area contributed by atoms with Crippen LogP contribution in [0.2, 0.25) is 0 Å². The van der Waals surface area contributed by atoms with E-state index in [9.17, 15) is 5.11 Å². The van der Waals surface area contributed by atoms with Crippen molar-refractivity contribution in [2.75, 3.05) is 12.5 Å². The third kappa shape index (κ3) is 3.64. The Morgan fingerprint density at radius 2 is 1.61 bits per heavy atom. The zero-order chi connectivity index (χ0) is 12.3. The first-order valence-corrected chi connectivity index (χ1v) is 8.58. The van der Waals surface area contributed by atoms with Crippen molar-refractivity contribution < 1.29 is 29.1 Å². The van der Waals surface area contributed by atoms with Crippen LogP contribution in [0.25, 0.3) is 0 Å². The fourth-order valence-corrected chi connectivity index (χ4v) is 4.89. The van der Waals surface area contributed by atoms with Gasteiger partial charge in [-0.2, -0.15) is 0 Å². The van der Waals surface area contributed by atoms with Crippen LogP contribution in [0.5, 0.6) is 0 Å². The van der Waals surface area contributed by atoms with Gasteiger partial charge >= 0.3 is 0 Å². The van der Waals surface area contributed by atoms with Gasteiger partial charge in [-0.3, -0.25) is 0 Å². The number of hydrogen-bond donors (Lipinski definition) is 1. The largest absolute Gasteiger partial charge is 1.00 e. The van der Waals surface area contributed by atoms with Gasteiger partial charge < -0.3 is 29.1 Å². The smallest absolute Gasteiger partial charge is 0.171 e. The molecule has 0 heterocycles. The topological polar surface area (TPSA) is 20.2 Å². The fraction of sp³-hybridized carbons (Fsp3) is 0.600. The van der Waals surface area contributed by atoms with Crippen LogP contribution in [0.1, 0.15) is 42.9 Å². The SMILES string of the molecule is C[S+](C)C(c1ccccc1)C1(O)CCCCC1.[I-]. The van der Waals surface area contributed by atoms with Crippen LogP contribution in [0.3, 0.4) is 0 Å². The van der Waals surface area contributed by atoms with Crippen molar-refractivity contribution >= 4 is 10.9 Å². The lowest BCUT2D eigenvalue weighted by Gasteiger charge is -2.36. The summed E-state index contributed by atoms with van der Waals surface area (Å²) in [7, 11) is 0.209. The Bertz CT molecular complexity index is 347. The molecule has 1 atom stereocenters. The van der Waals surface area contributed by atoms with E-state index in [1.807, 2.05) is 0 Å². The molecule has 1 aliphatic carbocycles. The monoisotopic (exact) mass is 378 g/mol. The number of halogens is 1. The average molecular weight is 378 g/mol. The van der Waals surface area contributed by atoms with Crippen LogP contribution in [0, 0.1) is 0 Å². The molecule has 1 saturated carbocycles. The molecule has 102 valence electrons. The molecule has 2 rings (SSSR count). The molecular weight excluding hydrogens is 355 g/mol. The maximum Gasteiger partial charge on any atom is 0.171 e. The van der Waals surface area contributed by atoms with Crippen molar-refractivity contribution in [1.82, 2.24) is 0 Å². The highest BCUT2D eigenvalue weighted by Gasteiger charge is 2.45.